The minimum Gasteiger partial charge on any atom is -0.356 e. The fourth-order valence-corrected chi connectivity index (χ4v) is 2.66. The number of rotatable bonds is 4. The number of hydrogen-bond donors (Lipinski definition) is 1. The van der Waals surface area contributed by atoms with Gasteiger partial charge in [0, 0.05) is 19.5 Å². The van der Waals surface area contributed by atoms with Gasteiger partial charge in [0.1, 0.15) is 0 Å². The van der Waals surface area contributed by atoms with Gasteiger partial charge in [-0.1, -0.05) is 43.1 Å². The molecule has 1 heterocycles. The van der Waals surface area contributed by atoms with Crippen molar-refractivity contribution in [2.24, 2.45) is 11.8 Å². The Bertz CT molecular complexity index is 561. The first-order valence-corrected chi connectivity index (χ1v) is 7.67. The van der Waals surface area contributed by atoms with Crippen molar-refractivity contribution in [2.75, 3.05) is 18.0 Å². The molecule has 1 unspecified atom stereocenters. The van der Waals surface area contributed by atoms with Crippen LogP contribution in [0.1, 0.15) is 20.3 Å². The van der Waals surface area contributed by atoms with Crippen LogP contribution in [0.5, 0.6) is 0 Å². The van der Waals surface area contributed by atoms with Crippen molar-refractivity contribution in [3.05, 3.63) is 28.2 Å². The number of halogens is 2. The van der Waals surface area contributed by atoms with E-state index in [4.69, 9.17) is 23.2 Å². The van der Waals surface area contributed by atoms with Crippen molar-refractivity contribution < 1.29 is 9.59 Å². The lowest BCUT2D eigenvalue weighted by Crippen LogP contribution is -2.35. The molecule has 1 saturated heterocycles. The Morgan fingerprint density at radius 1 is 1.43 bits per heavy atom. The van der Waals surface area contributed by atoms with Crippen LogP contribution in [0.25, 0.3) is 0 Å². The third-order valence-corrected chi connectivity index (χ3v) is 4.21. The maximum Gasteiger partial charge on any atom is 0.227 e. The van der Waals surface area contributed by atoms with Crippen molar-refractivity contribution in [2.45, 2.75) is 20.3 Å². The van der Waals surface area contributed by atoms with E-state index in [-0.39, 0.29) is 24.2 Å². The molecule has 0 spiro atoms. The molecule has 0 saturated carbocycles. The zero-order chi connectivity index (χ0) is 15.6. The van der Waals surface area contributed by atoms with Gasteiger partial charge < -0.3 is 10.2 Å². The number of nitrogens with one attached hydrogen (secondary N) is 1. The first kappa shape index (κ1) is 16.1. The van der Waals surface area contributed by atoms with Crippen LogP contribution in [0.3, 0.4) is 0 Å². The summed E-state index contributed by atoms with van der Waals surface area (Å²) in [6, 6.07) is 5.14. The Balaban J connectivity index is 2.09. The Kier molecular flexibility index (Phi) is 5.12. The molecular weight excluding hydrogens is 311 g/mol. The predicted octanol–water partition coefficient (Wildman–Crippen LogP) is 3.12. The van der Waals surface area contributed by atoms with Crippen molar-refractivity contribution >= 4 is 40.7 Å². The molecule has 0 aliphatic carbocycles. The van der Waals surface area contributed by atoms with E-state index in [1.54, 1.807) is 18.2 Å². The van der Waals surface area contributed by atoms with Crippen LogP contribution in [0, 0.1) is 11.8 Å². The summed E-state index contributed by atoms with van der Waals surface area (Å²) in [5.41, 5.74) is 0.563. The molecule has 2 rings (SSSR count). The number of carbonyl (C=O) groups is 2. The number of hydrogen-bond acceptors (Lipinski definition) is 2. The van der Waals surface area contributed by atoms with Gasteiger partial charge in [-0.05, 0) is 18.1 Å². The van der Waals surface area contributed by atoms with Crippen molar-refractivity contribution in [3.8, 4) is 0 Å². The lowest BCUT2D eigenvalue weighted by atomic mass is 10.1. The van der Waals surface area contributed by atoms with E-state index < -0.39 is 0 Å². The van der Waals surface area contributed by atoms with Crippen molar-refractivity contribution in [1.82, 2.24) is 5.32 Å². The second kappa shape index (κ2) is 6.67. The van der Waals surface area contributed by atoms with Gasteiger partial charge in [-0.15, -0.1) is 0 Å². The number of benzene rings is 1. The Labute approximate surface area is 134 Å². The third-order valence-electron chi connectivity index (χ3n) is 3.40. The van der Waals surface area contributed by atoms with Crippen LogP contribution in [-0.2, 0) is 9.59 Å². The minimum atomic E-state index is -0.341. The molecule has 1 aliphatic rings. The molecule has 0 bridgehead atoms. The molecule has 114 valence electrons. The molecule has 1 N–H and O–H groups in total. The molecule has 2 amide bonds. The van der Waals surface area contributed by atoms with E-state index in [1.807, 2.05) is 13.8 Å². The van der Waals surface area contributed by atoms with E-state index in [0.717, 1.165) is 0 Å². The smallest absolute Gasteiger partial charge is 0.227 e. The van der Waals surface area contributed by atoms with E-state index in [0.29, 0.717) is 34.7 Å². The summed E-state index contributed by atoms with van der Waals surface area (Å²) in [5, 5.41) is 3.61. The molecule has 1 aromatic rings. The topological polar surface area (TPSA) is 49.4 Å². The highest BCUT2D eigenvalue weighted by Crippen LogP contribution is 2.35. The Morgan fingerprint density at radius 3 is 2.81 bits per heavy atom. The molecule has 1 fully saturated rings. The average Bonchev–Trinajstić information content (AvgIpc) is 2.81. The summed E-state index contributed by atoms with van der Waals surface area (Å²) in [7, 11) is 0. The fourth-order valence-electron chi connectivity index (χ4n) is 2.27. The Morgan fingerprint density at radius 2 is 2.14 bits per heavy atom. The molecule has 6 heteroatoms. The average molecular weight is 329 g/mol. The van der Waals surface area contributed by atoms with Crippen LogP contribution in [-0.4, -0.2) is 24.9 Å². The normalized spacial score (nSPS) is 18.4. The van der Waals surface area contributed by atoms with Crippen LogP contribution < -0.4 is 10.2 Å². The molecule has 1 atom stereocenters. The first-order valence-electron chi connectivity index (χ1n) is 6.92. The summed E-state index contributed by atoms with van der Waals surface area (Å²) in [6.45, 7) is 5.00. The number of carbonyl (C=O) groups excluding carboxylic acids is 2. The zero-order valence-corrected chi connectivity index (χ0v) is 13.5. The van der Waals surface area contributed by atoms with Gasteiger partial charge in [-0.3, -0.25) is 9.59 Å². The number of amides is 2. The van der Waals surface area contributed by atoms with E-state index in [2.05, 4.69) is 5.32 Å². The quantitative estimate of drug-likeness (QED) is 0.923. The highest BCUT2D eigenvalue weighted by molar-refractivity contribution is 6.44. The monoisotopic (exact) mass is 328 g/mol. The third kappa shape index (κ3) is 3.69. The van der Waals surface area contributed by atoms with E-state index >= 15 is 0 Å². The maximum atomic E-state index is 12.1. The van der Waals surface area contributed by atoms with Crippen LogP contribution in [0.4, 0.5) is 5.69 Å². The van der Waals surface area contributed by atoms with Crippen molar-refractivity contribution in [3.63, 3.8) is 0 Å². The van der Waals surface area contributed by atoms with Gasteiger partial charge >= 0.3 is 0 Å². The molecule has 0 radical (unpaired) electrons. The molecule has 4 nitrogen and oxygen atoms in total. The minimum absolute atomic E-state index is 0.0855. The van der Waals surface area contributed by atoms with Gasteiger partial charge in [0.25, 0.3) is 0 Å². The molecular formula is C15H18Cl2N2O2. The standard InChI is InChI=1S/C15H18Cl2N2O2/c1-9(2)7-18-15(21)10-6-13(20)19(8-10)12-5-3-4-11(16)14(12)17/h3-5,9-10H,6-8H2,1-2H3,(H,18,21). The van der Waals surface area contributed by atoms with Gasteiger partial charge in [0.2, 0.25) is 11.8 Å². The second-order valence-corrected chi connectivity index (χ2v) is 6.40. The highest BCUT2D eigenvalue weighted by atomic mass is 35.5. The van der Waals surface area contributed by atoms with Gasteiger partial charge in [-0.25, -0.2) is 0 Å². The molecule has 0 aromatic heterocycles. The molecule has 21 heavy (non-hydrogen) atoms. The second-order valence-electron chi connectivity index (χ2n) is 5.62. The predicted molar refractivity (Wildman–Crippen MR) is 84.8 cm³/mol. The summed E-state index contributed by atoms with van der Waals surface area (Å²) in [4.78, 5) is 25.7. The van der Waals surface area contributed by atoms with Gasteiger partial charge in [0.05, 0.1) is 21.7 Å². The summed E-state index contributed by atoms with van der Waals surface area (Å²) in [6.07, 6.45) is 0.201. The summed E-state index contributed by atoms with van der Waals surface area (Å²) < 4.78 is 0. The summed E-state index contributed by atoms with van der Waals surface area (Å²) >= 11 is 12.1. The number of anilines is 1. The molecule has 1 aromatic carbocycles. The highest BCUT2D eigenvalue weighted by Gasteiger charge is 2.36. The van der Waals surface area contributed by atoms with E-state index in [1.165, 1.54) is 4.90 Å². The van der Waals surface area contributed by atoms with Gasteiger partial charge in [0.15, 0.2) is 0 Å². The zero-order valence-electron chi connectivity index (χ0n) is 12.0. The van der Waals surface area contributed by atoms with Crippen LogP contribution in [0.15, 0.2) is 18.2 Å². The number of nitrogens with zero attached hydrogens (tertiary/aromatic N) is 1. The van der Waals surface area contributed by atoms with Crippen molar-refractivity contribution in [1.29, 1.82) is 0 Å². The lowest BCUT2D eigenvalue weighted by molar-refractivity contribution is -0.126. The maximum absolute atomic E-state index is 12.1. The van der Waals surface area contributed by atoms with E-state index in [9.17, 15) is 9.59 Å². The van der Waals surface area contributed by atoms with Crippen LogP contribution >= 0.6 is 23.2 Å². The largest absolute Gasteiger partial charge is 0.356 e. The first-order chi connectivity index (χ1) is 9.90. The van der Waals surface area contributed by atoms with Gasteiger partial charge in [-0.2, -0.15) is 0 Å². The molecule has 1 aliphatic heterocycles. The fraction of sp³-hybridized carbons (Fsp3) is 0.467. The summed E-state index contributed by atoms with van der Waals surface area (Å²) in [5.74, 6) is -0.155. The SMILES string of the molecule is CC(C)CNC(=O)C1CC(=O)N(c2cccc(Cl)c2Cl)C1. The Hall–Kier alpha value is -1.26. The van der Waals surface area contributed by atoms with Crippen LogP contribution in [0.2, 0.25) is 10.0 Å². The lowest BCUT2D eigenvalue weighted by Gasteiger charge is -2.18.